The fourth-order valence-electron chi connectivity index (χ4n) is 2.71. The lowest BCUT2D eigenvalue weighted by Crippen LogP contribution is -2.47. The number of morpholine rings is 1. The number of carbonyl (C=O) groups is 2. The Morgan fingerprint density at radius 2 is 2.10 bits per heavy atom. The summed E-state index contributed by atoms with van der Waals surface area (Å²) in [4.78, 5) is 26.9. The number of hydrogen-bond acceptors (Lipinski definition) is 4. The molecule has 1 aromatic carbocycles. The zero-order chi connectivity index (χ0) is 15.1. The van der Waals surface area contributed by atoms with Crippen molar-refractivity contribution >= 4 is 17.4 Å². The maximum absolute atomic E-state index is 13.9. The van der Waals surface area contributed by atoms with E-state index >= 15 is 0 Å². The summed E-state index contributed by atoms with van der Waals surface area (Å²) in [5.74, 6) is -3.50. The lowest BCUT2D eigenvalue weighted by Gasteiger charge is -2.32. The summed E-state index contributed by atoms with van der Waals surface area (Å²) in [5.41, 5.74) is -0.370. The van der Waals surface area contributed by atoms with Crippen LogP contribution in [0.4, 0.5) is 14.5 Å². The molecule has 21 heavy (non-hydrogen) atoms. The van der Waals surface area contributed by atoms with E-state index in [-0.39, 0.29) is 23.9 Å². The Kier molecular flexibility index (Phi) is 3.46. The molecule has 0 saturated carbocycles. The molecule has 1 aromatic rings. The van der Waals surface area contributed by atoms with Gasteiger partial charge < -0.3 is 9.64 Å². The molecule has 7 heteroatoms. The Bertz CT molecular complexity index is 620. The van der Waals surface area contributed by atoms with Gasteiger partial charge in [-0.05, 0) is 13.1 Å². The van der Waals surface area contributed by atoms with Crippen molar-refractivity contribution in [3.05, 3.63) is 29.3 Å². The van der Waals surface area contributed by atoms with Crippen LogP contribution in [0.2, 0.25) is 0 Å². The van der Waals surface area contributed by atoms with Crippen LogP contribution in [0, 0.1) is 11.6 Å². The SMILES string of the molecule is CN1CCOC(CN2C(=O)C(=O)c3cc(F)cc(F)c32)C1. The number of benzene rings is 1. The zero-order valence-electron chi connectivity index (χ0n) is 11.4. The number of ether oxygens (including phenoxy) is 1. The van der Waals surface area contributed by atoms with Crippen LogP contribution in [-0.2, 0) is 9.53 Å². The quantitative estimate of drug-likeness (QED) is 0.758. The average molecular weight is 296 g/mol. The molecule has 1 fully saturated rings. The fraction of sp³-hybridized carbons (Fsp3) is 0.429. The summed E-state index contributed by atoms with van der Waals surface area (Å²) < 4.78 is 32.7. The van der Waals surface area contributed by atoms with Crippen LogP contribution >= 0.6 is 0 Å². The third-order valence-corrected chi connectivity index (χ3v) is 3.71. The van der Waals surface area contributed by atoms with Gasteiger partial charge in [0.05, 0.1) is 30.5 Å². The standard InChI is InChI=1S/C14H14F2N2O3/c1-17-2-3-21-9(6-17)7-18-12-10(13(19)14(18)20)4-8(15)5-11(12)16/h4-5,9H,2-3,6-7H2,1H3. The lowest BCUT2D eigenvalue weighted by atomic mass is 10.1. The first-order valence-electron chi connectivity index (χ1n) is 6.62. The number of hydrogen-bond donors (Lipinski definition) is 0. The molecule has 5 nitrogen and oxygen atoms in total. The molecule has 0 radical (unpaired) electrons. The predicted octanol–water partition coefficient (Wildman–Crippen LogP) is 0.825. The van der Waals surface area contributed by atoms with E-state index in [0.29, 0.717) is 19.2 Å². The highest BCUT2D eigenvalue weighted by atomic mass is 19.1. The van der Waals surface area contributed by atoms with Crippen molar-refractivity contribution < 1.29 is 23.1 Å². The van der Waals surface area contributed by atoms with Crippen molar-refractivity contribution in [3.63, 3.8) is 0 Å². The fourth-order valence-corrected chi connectivity index (χ4v) is 2.71. The van der Waals surface area contributed by atoms with E-state index in [9.17, 15) is 18.4 Å². The maximum atomic E-state index is 13.9. The van der Waals surface area contributed by atoms with E-state index in [4.69, 9.17) is 4.74 Å². The third kappa shape index (κ3) is 2.43. The average Bonchev–Trinajstić information content (AvgIpc) is 2.64. The summed E-state index contributed by atoms with van der Waals surface area (Å²) in [6.45, 7) is 1.94. The third-order valence-electron chi connectivity index (χ3n) is 3.71. The molecule has 1 unspecified atom stereocenters. The number of likely N-dealkylation sites (N-methyl/N-ethyl adjacent to an activating group) is 1. The van der Waals surface area contributed by atoms with Crippen LogP contribution in [-0.4, -0.2) is 56.0 Å². The van der Waals surface area contributed by atoms with Gasteiger partial charge in [-0.15, -0.1) is 0 Å². The summed E-state index contributed by atoms with van der Waals surface area (Å²) in [5, 5.41) is 0. The Morgan fingerprint density at radius 1 is 1.33 bits per heavy atom. The largest absolute Gasteiger partial charge is 0.374 e. The molecule has 2 aliphatic heterocycles. The predicted molar refractivity (Wildman–Crippen MR) is 70.3 cm³/mol. The van der Waals surface area contributed by atoms with E-state index in [1.165, 1.54) is 0 Å². The molecule has 1 amide bonds. The van der Waals surface area contributed by atoms with Gasteiger partial charge in [-0.3, -0.25) is 14.5 Å². The van der Waals surface area contributed by atoms with Gasteiger partial charge in [-0.1, -0.05) is 0 Å². The van der Waals surface area contributed by atoms with E-state index in [1.54, 1.807) is 0 Å². The van der Waals surface area contributed by atoms with Gasteiger partial charge in [0.1, 0.15) is 5.82 Å². The number of amides is 1. The number of fused-ring (bicyclic) bond motifs is 1. The first kappa shape index (κ1) is 14.1. The highest BCUT2D eigenvalue weighted by Crippen LogP contribution is 2.33. The van der Waals surface area contributed by atoms with Crippen molar-refractivity contribution in [2.24, 2.45) is 0 Å². The topological polar surface area (TPSA) is 49.9 Å². The number of carbonyl (C=O) groups excluding carboxylic acids is 2. The minimum absolute atomic E-state index is 0.0739. The van der Waals surface area contributed by atoms with Crippen molar-refractivity contribution in [1.82, 2.24) is 4.90 Å². The number of ketones is 1. The second-order valence-electron chi connectivity index (χ2n) is 5.28. The molecule has 1 saturated heterocycles. The van der Waals surface area contributed by atoms with Crippen molar-refractivity contribution in [3.8, 4) is 0 Å². The van der Waals surface area contributed by atoms with Crippen molar-refractivity contribution in [1.29, 1.82) is 0 Å². The number of anilines is 1. The molecule has 3 rings (SSSR count). The molecule has 1 atom stereocenters. The van der Waals surface area contributed by atoms with Gasteiger partial charge in [0.25, 0.3) is 11.7 Å². The molecule has 0 N–H and O–H groups in total. The van der Waals surface area contributed by atoms with E-state index in [1.807, 2.05) is 11.9 Å². The first-order chi connectivity index (χ1) is 9.97. The monoisotopic (exact) mass is 296 g/mol. The van der Waals surface area contributed by atoms with E-state index in [2.05, 4.69) is 0 Å². The second-order valence-corrected chi connectivity index (χ2v) is 5.28. The maximum Gasteiger partial charge on any atom is 0.299 e. The smallest absolute Gasteiger partial charge is 0.299 e. The minimum Gasteiger partial charge on any atom is -0.374 e. The van der Waals surface area contributed by atoms with Gasteiger partial charge in [-0.25, -0.2) is 8.78 Å². The highest BCUT2D eigenvalue weighted by molar-refractivity contribution is 6.52. The molecule has 2 heterocycles. The van der Waals surface area contributed by atoms with Gasteiger partial charge >= 0.3 is 0 Å². The van der Waals surface area contributed by atoms with Gasteiger partial charge in [0.15, 0.2) is 5.82 Å². The van der Waals surface area contributed by atoms with Crippen LogP contribution in [0.25, 0.3) is 0 Å². The minimum atomic E-state index is -0.909. The van der Waals surface area contributed by atoms with Gasteiger partial charge in [-0.2, -0.15) is 0 Å². The molecule has 0 bridgehead atoms. The Morgan fingerprint density at radius 3 is 2.81 bits per heavy atom. The molecular formula is C14H14F2N2O3. The number of rotatable bonds is 2. The van der Waals surface area contributed by atoms with Crippen molar-refractivity contribution in [2.75, 3.05) is 38.2 Å². The van der Waals surface area contributed by atoms with Crippen LogP contribution in [0.5, 0.6) is 0 Å². The molecule has 2 aliphatic rings. The summed E-state index contributed by atoms with van der Waals surface area (Å²) >= 11 is 0. The van der Waals surface area contributed by atoms with Crippen LogP contribution < -0.4 is 4.90 Å². The summed E-state index contributed by atoms with van der Waals surface area (Å²) in [6, 6.07) is 1.57. The Labute approximate surface area is 120 Å². The Balaban J connectivity index is 1.90. The Hall–Kier alpha value is -1.86. The number of nitrogens with zero attached hydrogens (tertiary/aromatic N) is 2. The molecule has 0 spiro atoms. The lowest BCUT2D eigenvalue weighted by molar-refractivity contribution is -0.115. The summed E-state index contributed by atoms with van der Waals surface area (Å²) in [6.07, 6.45) is -0.309. The molecule has 0 aromatic heterocycles. The van der Waals surface area contributed by atoms with Gasteiger partial charge in [0, 0.05) is 19.2 Å². The first-order valence-corrected chi connectivity index (χ1v) is 6.62. The molecule has 0 aliphatic carbocycles. The second kappa shape index (κ2) is 5.16. The van der Waals surface area contributed by atoms with Crippen LogP contribution in [0.3, 0.4) is 0 Å². The van der Waals surface area contributed by atoms with Gasteiger partial charge in [0.2, 0.25) is 0 Å². The van der Waals surface area contributed by atoms with Crippen molar-refractivity contribution in [2.45, 2.75) is 6.10 Å². The van der Waals surface area contributed by atoms with Crippen LogP contribution in [0.1, 0.15) is 10.4 Å². The summed E-state index contributed by atoms with van der Waals surface area (Å²) in [7, 11) is 1.91. The molecular weight excluding hydrogens is 282 g/mol. The zero-order valence-corrected chi connectivity index (χ0v) is 11.4. The highest BCUT2D eigenvalue weighted by Gasteiger charge is 2.40. The molecule has 112 valence electrons. The number of halogens is 2. The van der Waals surface area contributed by atoms with Crippen LogP contribution in [0.15, 0.2) is 12.1 Å². The van der Waals surface area contributed by atoms with E-state index in [0.717, 1.165) is 17.5 Å². The van der Waals surface area contributed by atoms with E-state index < -0.39 is 23.3 Å². The normalized spacial score (nSPS) is 22.8. The number of Topliss-reactive ketones (excluding diaryl/α,β-unsaturated/α-hetero) is 1.